The van der Waals surface area contributed by atoms with Gasteiger partial charge >= 0.3 is 0 Å². The SMILES string of the molecule is C[C@@H]1C=C(CN(C)C)C=CC1. The van der Waals surface area contributed by atoms with E-state index in [1.165, 1.54) is 12.0 Å². The smallest absolute Gasteiger partial charge is 0.0224 e. The van der Waals surface area contributed by atoms with E-state index in [0.717, 1.165) is 12.5 Å². The molecule has 1 aliphatic carbocycles. The zero-order valence-corrected chi connectivity index (χ0v) is 7.67. The largest absolute Gasteiger partial charge is 0.305 e. The topological polar surface area (TPSA) is 3.24 Å². The van der Waals surface area contributed by atoms with E-state index < -0.39 is 0 Å². The van der Waals surface area contributed by atoms with Gasteiger partial charge in [0.15, 0.2) is 0 Å². The lowest BCUT2D eigenvalue weighted by molar-refractivity contribution is 0.446. The molecule has 0 spiro atoms. The van der Waals surface area contributed by atoms with Crippen molar-refractivity contribution in [2.24, 2.45) is 5.92 Å². The maximum Gasteiger partial charge on any atom is 0.0224 e. The minimum Gasteiger partial charge on any atom is -0.305 e. The molecule has 11 heavy (non-hydrogen) atoms. The first-order valence-electron chi connectivity index (χ1n) is 4.20. The van der Waals surface area contributed by atoms with Crippen LogP contribution in [0, 0.1) is 5.92 Å². The monoisotopic (exact) mass is 151 g/mol. The molecule has 1 rings (SSSR count). The maximum atomic E-state index is 2.36. The third-order valence-electron chi connectivity index (χ3n) is 1.84. The highest BCUT2D eigenvalue weighted by atomic mass is 15.0. The molecule has 0 aromatic rings. The molecule has 0 unspecified atom stereocenters. The van der Waals surface area contributed by atoms with Crippen molar-refractivity contribution < 1.29 is 0 Å². The molecular weight excluding hydrogens is 134 g/mol. The quantitative estimate of drug-likeness (QED) is 0.584. The molecule has 0 fully saturated rings. The second-order valence-electron chi connectivity index (χ2n) is 3.59. The van der Waals surface area contributed by atoms with Gasteiger partial charge in [-0.2, -0.15) is 0 Å². The second-order valence-corrected chi connectivity index (χ2v) is 3.59. The van der Waals surface area contributed by atoms with Crippen LogP contribution in [0.3, 0.4) is 0 Å². The lowest BCUT2D eigenvalue weighted by atomic mass is 9.98. The lowest BCUT2D eigenvalue weighted by Gasteiger charge is -2.15. The molecule has 0 aromatic heterocycles. The van der Waals surface area contributed by atoms with E-state index in [1.807, 2.05) is 0 Å². The van der Waals surface area contributed by atoms with E-state index in [2.05, 4.69) is 44.1 Å². The summed E-state index contributed by atoms with van der Waals surface area (Å²) in [7, 11) is 4.21. The Labute approximate surface area is 69.4 Å². The fourth-order valence-corrected chi connectivity index (χ4v) is 1.39. The zero-order chi connectivity index (χ0) is 8.27. The van der Waals surface area contributed by atoms with Gasteiger partial charge in [0.05, 0.1) is 0 Å². The summed E-state index contributed by atoms with van der Waals surface area (Å²) in [5.41, 5.74) is 1.45. The molecule has 0 aromatic carbocycles. The van der Waals surface area contributed by atoms with Gasteiger partial charge in [0.25, 0.3) is 0 Å². The van der Waals surface area contributed by atoms with Crippen LogP contribution in [0.4, 0.5) is 0 Å². The molecule has 1 aliphatic rings. The van der Waals surface area contributed by atoms with Crippen molar-refractivity contribution in [2.75, 3.05) is 20.6 Å². The van der Waals surface area contributed by atoms with Crippen LogP contribution in [0.1, 0.15) is 13.3 Å². The van der Waals surface area contributed by atoms with Crippen LogP contribution in [-0.2, 0) is 0 Å². The van der Waals surface area contributed by atoms with Crippen molar-refractivity contribution in [3.63, 3.8) is 0 Å². The molecule has 0 heterocycles. The Balaban J connectivity index is 2.50. The van der Waals surface area contributed by atoms with Gasteiger partial charge in [-0.1, -0.05) is 25.2 Å². The molecule has 1 nitrogen and oxygen atoms in total. The summed E-state index contributed by atoms with van der Waals surface area (Å²) < 4.78 is 0. The number of hydrogen-bond donors (Lipinski definition) is 0. The van der Waals surface area contributed by atoms with E-state index in [-0.39, 0.29) is 0 Å². The van der Waals surface area contributed by atoms with Gasteiger partial charge in [0.2, 0.25) is 0 Å². The Hall–Kier alpha value is -0.560. The summed E-state index contributed by atoms with van der Waals surface area (Å²) in [5.74, 6) is 0.731. The fourth-order valence-electron chi connectivity index (χ4n) is 1.39. The highest BCUT2D eigenvalue weighted by Crippen LogP contribution is 2.15. The Morgan fingerprint density at radius 2 is 2.27 bits per heavy atom. The van der Waals surface area contributed by atoms with E-state index >= 15 is 0 Å². The first-order chi connectivity index (χ1) is 5.18. The van der Waals surface area contributed by atoms with Crippen molar-refractivity contribution in [2.45, 2.75) is 13.3 Å². The molecule has 0 N–H and O–H groups in total. The Morgan fingerprint density at radius 3 is 2.82 bits per heavy atom. The van der Waals surface area contributed by atoms with Crippen LogP contribution in [0.2, 0.25) is 0 Å². The van der Waals surface area contributed by atoms with Crippen molar-refractivity contribution in [1.82, 2.24) is 4.90 Å². The normalized spacial score (nSPS) is 24.0. The number of hydrogen-bond acceptors (Lipinski definition) is 1. The van der Waals surface area contributed by atoms with Gasteiger partial charge in [0.1, 0.15) is 0 Å². The first kappa shape index (κ1) is 8.54. The molecule has 0 radical (unpaired) electrons. The Kier molecular flexibility index (Phi) is 2.89. The number of allylic oxidation sites excluding steroid dienone is 2. The van der Waals surface area contributed by atoms with Crippen LogP contribution < -0.4 is 0 Å². The van der Waals surface area contributed by atoms with Crippen molar-refractivity contribution >= 4 is 0 Å². The maximum absolute atomic E-state index is 2.36. The lowest BCUT2D eigenvalue weighted by Crippen LogP contribution is -2.15. The molecule has 0 saturated carbocycles. The van der Waals surface area contributed by atoms with Crippen molar-refractivity contribution in [3.8, 4) is 0 Å². The minimum atomic E-state index is 0.731. The summed E-state index contributed by atoms with van der Waals surface area (Å²) in [6.45, 7) is 3.33. The second kappa shape index (κ2) is 3.72. The zero-order valence-electron chi connectivity index (χ0n) is 7.67. The van der Waals surface area contributed by atoms with Gasteiger partial charge in [-0.3, -0.25) is 0 Å². The van der Waals surface area contributed by atoms with Crippen molar-refractivity contribution in [1.29, 1.82) is 0 Å². The van der Waals surface area contributed by atoms with Crippen LogP contribution in [0.5, 0.6) is 0 Å². The van der Waals surface area contributed by atoms with Gasteiger partial charge < -0.3 is 4.90 Å². The third-order valence-corrected chi connectivity index (χ3v) is 1.84. The molecular formula is C10H17N. The minimum absolute atomic E-state index is 0.731. The molecule has 0 aliphatic heterocycles. The van der Waals surface area contributed by atoms with Crippen molar-refractivity contribution in [3.05, 3.63) is 23.8 Å². The highest BCUT2D eigenvalue weighted by molar-refractivity contribution is 5.24. The number of likely N-dealkylation sites (N-methyl/N-ethyl adjacent to an activating group) is 1. The average Bonchev–Trinajstić information content (AvgIpc) is 1.85. The van der Waals surface area contributed by atoms with Crippen LogP contribution in [-0.4, -0.2) is 25.5 Å². The summed E-state index contributed by atoms with van der Waals surface area (Å²) in [5, 5.41) is 0. The predicted octanol–water partition coefficient (Wildman–Crippen LogP) is 2.07. The first-order valence-corrected chi connectivity index (χ1v) is 4.20. The van der Waals surface area contributed by atoms with E-state index in [0.29, 0.717) is 0 Å². The summed E-state index contributed by atoms with van der Waals surface area (Å²) in [6, 6.07) is 0. The molecule has 1 atom stereocenters. The fraction of sp³-hybridized carbons (Fsp3) is 0.600. The van der Waals surface area contributed by atoms with Gasteiger partial charge in [0, 0.05) is 6.54 Å². The molecule has 1 heteroatoms. The third kappa shape index (κ3) is 2.89. The summed E-state index contributed by atoms with van der Waals surface area (Å²) in [4.78, 5) is 2.20. The van der Waals surface area contributed by atoms with Crippen LogP contribution in [0.15, 0.2) is 23.8 Å². The predicted molar refractivity (Wildman–Crippen MR) is 49.6 cm³/mol. The number of rotatable bonds is 2. The average molecular weight is 151 g/mol. The molecule has 0 amide bonds. The Bertz CT molecular complexity index is 177. The number of nitrogens with zero attached hydrogens (tertiary/aromatic N) is 1. The Morgan fingerprint density at radius 1 is 1.55 bits per heavy atom. The van der Waals surface area contributed by atoms with E-state index in [9.17, 15) is 0 Å². The van der Waals surface area contributed by atoms with Gasteiger partial charge in [-0.15, -0.1) is 0 Å². The summed E-state index contributed by atoms with van der Waals surface area (Å²) in [6.07, 6.45) is 8.07. The molecule has 62 valence electrons. The molecule has 0 saturated heterocycles. The van der Waals surface area contributed by atoms with E-state index in [4.69, 9.17) is 0 Å². The van der Waals surface area contributed by atoms with Gasteiger partial charge in [-0.25, -0.2) is 0 Å². The summed E-state index contributed by atoms with van der Waals surface area (Å²) >= 11 is 0. The van der Waals surface area contributed by atoms with Gasteiger partial charge in [-0.05, 0) is 32.0 Å². The highest BCUT2D eigenvalue weighted by Gasteiger charge is 2.03. The van der Waals surface area contributed by atoms with Crippen LogP contribution >= 0.6 is 0 Å². The van der Waals surface area contributed by atoms with Crippen LogP contribution in [0.25, 0.3) is 0 Å². The van der Waals surface area contributed by atoms with E-state index in [1.54, 1.807) is 0 Å². The standard InChI is InChI=1S/C10H17N/c1-9-5-4-6-10(7-9)8-11(2)3/h4,6-7,9H,5,8H2,1-3H3/t9-/m0/s1. The molecule has 0 bridgehead atoms.